The van der Waals surface area contributed by atoms with E-state index in [2.05, 4.69) is 17.0 Å². The van der Waals surface area contributed by atoms with Crippen LogP contribution in [-0.4, -0.2) is 64.3 Å². The number of hydrogen-bond donors (Lipinski definition) is 0. The fourth-order valence-corrected chi connectivity index (χ4v) is 6.92. The van der Waals surface area contributed by atoms with E-state index < -0.39 is 9.84 Å². The second-order valence-electron chi connectivity index (χ2n) is 7.48. The van der Waals surface area contributed by atoms with Gasteiger partial charge < -0.3 is 19.1 Å². The van der Waals surface area contributed by atoms with E-state index in [-0.39, 0.29) is 23.6 Å². The van der Waals surface area contributed by atoms with Crippen LogP contribution in [-0.2, 0) is 16.3 Å². The normalized spacial score (nSPS) is 21.5. The summed E-state index contributed by atoms with van der Waals surface area (Å²) in [5.41, 5.74) is 2.07. The predicted octanol–water partition coefficient (Wildman–Crippen LogP) is 3.03. The molecule has 2 aromatic carbocycles. The molecule has 0 aromatic heterocycles. The van der Waals surface area contributed by atoms with Crippen molar-refractivity contribution in [3.8, 4) is 17.2 Å². The maximum absolute atomic E-state index is 12.2. The molecule has 2 aliphatic heterocycles. The zero-order chi connectivity index (χ0) is 22.0. The molecule has 31 heavy (non-hydrogen) atoms. The first-order chi connectivity index (χ1) is 14.9. The van der Waals surface area contributed by atoms with Crippen molar-refractivity contribution in [2.45, 2.75) is 18.5 Å². The fraction of sp³-hybridized carbons (Fsp3) is 0.409. The van der Waals surface area contributed by atoms with Gasteiger partial charge >= 0.3 is 0 Å². The molecule has 7 nitrogen and oxygen atoms in total. The Morgan fingerprint density at radius 3 is 2.42 bits per heavy atom. The number of fused-ring (bicyclic) bond motifs is 1. The molecule has 2 heterocycles. The third kappa shape index (κ3) is 4.62. The highest BCUT2D eigenvalue weighted by Gasteiger charge is 2.47. The Balaban J connectivity index is 1.54. The van der Waals surface area contributed by atoms with Gasteiger partial charge in [0.05, 0.1) is 44.9 Å². The van der Waals surface area contributed by atoms with Gasteiger partial charge in [-0.1, -0.05) is 23.9 Å². The number of amidine groups is 1. The van der Waals surface area contributed by atoms with Crippen LogP contribution in [0.25, 0.3) is 0 Å². The van der Waals surface area contributed by atoms with Crippen molar-refractivity contribution in [1.82, 2.24) is 0 Å². The molecule has 0 aliphatic carbocycles. The van der Waals surface area contributed by atoms with Crippen LogP contribution in [0.5, 0.6) is 17.2 Å². The van der Waals surface area contributed by atoms with Gasteiger partial charge in [0.15, 0.2) is 26.5 Å². The molecule has 1 saturated heterocycles. The monoisotopic (exact) mass is 462 g/mol. The summed E-state index contributed by atoms with van der Waals surface area (Å²) in [6.45, 7) is 0. The minimum Gasteiger partial charge on any atom is -0.497 e. The number of benzene rings is 2. The van der Waals surface area contributed by atoms with Gasteiger partial charge in [-0.25, -0.2) is 8.42 Å². The van der Waals surface area contributed by atoms with E-state index in [1.165, 1.54) is 5.56 Å². The molecule has 2 aliphatic rings. The first-order valence-electron chi connectivity index (χ1n) is 9.99. The lowest BCUT2D eigenvalue weighted by Gasteiger charge is -2.27. The Kier molecular flexibility index (Phi) is 6.34. The van der Waals surface area contributed by atoms with Gasteiger partial charge in [-0.05, 0) is 36.2 Å². The van der Waals surface area contributed by atoms with Gasteiger partial charge in [0.2, 0.25) is 0 Å². The van der Waals surface area contributed by atoms with E-state index in [4.69, 9.17) is 19.2 Å². The Hall–Kier alpha value is -2.39. The van der Waals surface area contributed by atoms with Gasteiger partial charge in [-0.2, -0.15) is 0 Å². The van der Waals surface area contributed by atoms with Crippen LogP contribution >= 0.6 is 11.8 Å². The molecule has 0 amide bonds. The molecule has 0 bridgehead atoms. The lowest BCUT2D eigenvalue weighted by atomic mass is 10.1. The van der Waals surface area contributed by atoms with Crippen molar-refractivity contribution in [3.63, 3.8) is 0 Å². The van der Waals surface area contributed by atoms with Gasteiger partial charge in [-0.15, -0.1) is 0 Å². The molecule has 0 radical (unpaired) electrons. The number of aryl methyl sites for hydroxylation is 1. The molecular formula is C22H26N2O5S2. The number of thioether (sulfide) groups is 1. The first kappa shape index (κ1) is 21.8. The quantitative estimate of drug-likeness (QED) is 0.626. The predicted molar refractivity (Wildman–Crippen MR) is 125 cm³/mol. The Bertz CT molecular complexity index is 1070. The second-order valence-corrected chi connectivity index (χ2v) is 10.7. The average molecular weight is 463 g/mol. The fourth-order valence-electron chi connectivity index (χ4n) is 3.96. The smallest absolute Gasteiger partial charge is 0.164 e. The molecule has 166 valence electrons. The highest BCUT2D eigenvalue weighted by molar-refractivity contribution is 8.14. The molecule has 4 rings (SSSR count). The summed E-state index contributed by atoms with van der Waals surface area (Å²) in [6, 6.07) is 13.3. The summed E-state index contributed by atoms with van der Waals surface area (Å²) in [4.78, 5) is 6.85. The maximum atomic E-state index is 12.2. The average Bonchev–Trinajstić information content (AvgIpc) is 3.24. The van der Waals surface area contributed by atoms with Gasteiger partial charge in [0.25, 0.3) is 0 Å². The Labute approximate surface area is 187 Å². The SMILES string of the molecule is COc1ccc(CCSC2=N[C@@H]3CS(=O)(=O)C[C@H]3N2c2ccc(OC)c(OC)c2)cc1. The van der Waals surface area contributed by atoms with Crippen LogP contribution in [0.3, 0.4) is 0 Å². The van der Waals surface area contributed by atoms with E-state index in [9.17, 15) is 8.42 Å². The molecule has 2 atom stereocenters. The van der Waals surface area contributed by atoms with E-state index in [1.807, 2.05) is 30.3 Å². The number of aliphatic imine (C=N–C) groups is 1. The van der Waals surface area contributed by atoms with Crippen LogP contribution < -0.4 is 19.1 Å². The summed E-state index contributed by atoms with van der Waals surface area (Å²) in [5, 5.41) is 0.852. The summed E-state index contributed by atoms with van der Waals surface area (Å²) >= 11 is 1.65. The van der Waals surface area contributed by atoms with Gasteiger partial charge in [-0.3, -0.25) is 4.99 Å². The van der Waals surface area contributed by atoms with Crippen LogP contribution in [0.4, 0.5) is 5.69 Å². The summed E-state index contributed by atoms with van der Waals surface area (Å²) in [6.07, 6.45) is 0.876. The second kappa shape index (κ2) is 9.00. The number of anilines is 1. The molecule has 0 N–H and O–H groups in total. The molecule has 9 heteroatoms. The van der Waals surface area contributed by atoms with Crippen LogP contribution in [0.1, 0.15) is 5.56 Å². The standard InChI is InChI=1S/C22H26N2O5S2/c1-27-17-7-4-15(5-8-17)10-11-30-22-23-18-13-31(25,26)14-19(18)24(22)16-6-9-20(28-2)21(12-16)29-3/h4-9,12,18-19H,10-11,13-14H2,1-3H3/t18-,19-/m1/s1. The molecule has 0 spiro atoms. The number of rotatable bonds is 7. The number of ether oxygens (including phenoxy) is 3. The van der Waals surface area contributed by atoms with E-state index >= 15 is 0 Å². The molecule has 1 fully saturated rings. The van der Waals surface area contributed by atoms with Crippen molar-refractivity contribution >= 4 is 32.5 Å². The summed E-state index contributed by atoms with van der Waals surface area (Å²) in [5.74, 6) is 3.12. The zero-order valence-electron chi connectivity index (χ0n) is 17.8. The highest BCUT2D eigenvalue weighted by atomic mass is 32.2. The van der Waals surface area contributed by atoms with Crippen molar-refractivity contribution in [2.24, 2.45) is 4.99 Å². The van der Waals surface area contributed by atoms with Crippen molar-refractivity contribution in [3.05, 3.63) is 48.0 Å². The largest absolute Gasteiger partial charge is 0.497 e. The van der Waals surface area contributed by atoms with Crippen molar-refractivity contribution in [2.75, 3.05) is 43.5 Å². The maximum Gasteiger partial charge on any atom is 0.164 e. The van der Waals surface area contributed by atoms with Crippen LogP contribution in [0.15, 0.2) is 47.5 Å². The third-order valence-electron chi connectivity index (χ3n) is 5.53. The van der Waals surface area contributed by atoms with Crippen molar-refractivity contribution in [1.29, 1.82) is 0 Å². The summed E-state index contributed by atoms with van der Waals surface area (Å²) < 4.78 is 40.5. The molecule has 0 saturated carbocycles. The number of sulfone groups is 1. The molecule has 2 aromatic rings. The van der Waals surface area contributed by atoms with E-state index in [0.29, 0.717) is 11.5 Å². The Morgan fingerprint density at radius 1 is 1.00 bits per heavy atom. The zero-order valence-corrected chi connectivity index (χ0v) is 19.4. The number of hydrogen-bond acceptors (Lipinski definition) is 8. The lowest BCUT2D eigenvalue weighted by molar-refractivity contribution is 0.355. The molecule has 0 unspecified atom stereocenters. The highest BCUT2D eigenvalue weighted by Crippen LogP contribution is 2.39. The third-order valence-corrected chi connectivity index (χ3v) is 8.20. The molecular weight excluding hydrogens is 436 g/mol. The van der Waals surface area contributed by atoms with Crippen LogP contribution in [0, 0.1) is 0 Å². The minimum absolute atomic E-state index is 0.101. The van der Waals surface area contributed by atoms with E-state index in [0.717, 1.165) is 28.8 Å². The number of nitrogens with zero attached hydrogens (tertiary/aromatic N) is 2. The summed E-state index contributed by atoms with van der Waals surface area (Å²) in [7, 11) is 1.74. The minimum atomic E-state index is -3.09. The van der Waals surface area contributed by atoms with E-state index in [1.54, 1.807) is 33.1 Å². The number of methoxy groups -OCH3 is 3. The van der Waals surface area contributed by atoms with Crippen molar-refractivity contribution < 1.29 is 22.6 Å². The van der Waals surface area contributed by atoms with Gasteiger partial charge in [0, 0.05) is 17.5 Å². The Morgan fingerprint density at radius 2 is 1.74 bits per heavy atom. The van der Waals surface area contributed by atoms with Gasteiger partial charge in [0.1, 0.15) is 5.75 Å². The van der Waals surface area contributed by atoms with Crippen LogP contribution in [0.2, 0.25) is 0 Å². The lowest BCUT2D eigenvalue weighted by Crippen LogP contribution is -2.39. The topological polar surface area (TPSA) is 77.4 Å². The first-order valence-corrected chi connectivity index (χ1v) is 12.8.